The summed E-state index contributed by atoms with van der Waals surface area (Å²) in [6, 6.07) is 8.24. The summed E-state index contributed by atoms with van der Waals surface area (Å²) in [6.45, 7) is 3.24. The van der Waals surface area contributed by atoms with E-state index in [2.05, 4.69) is 5.32 Å². The molecule has 0 aliphatic carbocycles. The lowest BCUT2D eigenvalue weighted by Crippen LogP contribution is -2.49. The summed E-state index contributed by atoms with van der Waals surface area (Å²) in [5.74, 6) is -0.191. The van der Waals surface area contributed by atoms with Crippen LogP contribution in [-0.2, 0) is 4.79 Å². The van der Waals surface area contributed by atoms with Gasteiger partial charge in [0.1, 0.15) is 6.04 Å². The Bertz CT molecular complexity index is 589. The van der Waals surface area contributed by atoms with Crippen molar-refractivity contribution in [1.29, 1.82) is 5.26 Å². The molecule has 1 N–H and O–H groups in total. The quantitative estimate of drug-likeness (QED) is 0.928. The first-order chi connectivity index (χ1) is 11.2. The van der Waals surface area contributed by atoms with Crippen LogP contribution in [0.2, 0.25) is 0 Å². The number of nitrogens with one attached hydrogen (secondary N) is 1. The minimum atomic E-state index is -0.396. The Morgan fingerprint density at radius 1 is 1.26 bits per heavy atom. The van der Waals surface area contributed by atoms with Gasteiger partial charge in [-0.3, -0.25) is 9.59 Å². The third-order valence-corrected chi connectivity index (χ3v) is 4.13. The molecule has 1 unspecified atom stereocenters. The second-order valence-electron chi connectivity index (χ2n) is 5.84. The standard InChI is InChI=1S/C18H23N3O2/c1-2-11-20-17(22)16-6-4-3-5-12-21(16)18(23)15-9-7-14(13-19)8-10-15/h7-10,16H,2-6,11-12H2,1H3,(H,20,22). The molecule has 5 heteroatoms. The Labute approximate surface area is 137 Å². The van der Waals surface area contributed by atoms with E-state index in [1.165, 1.54) is 0 Å². The van der Waals surface area contributed by atoms with E-state index in [0.29, 0.717) is 30.6 Å². The lowest BCUT2D eigenvalue weighted by atomic mass is 10.1. The predicted octanol–water partition coefficient (Wildman–Crippen LogP) is 2.47. The molecule has 1 aromatic rings. The molecule has 0 saturated carbocycles. The maximum atomic E-state index is 12.8. The van der Waals surface area contributed by atoms with Gasteiger partial charge in [-0.05, 0) is 43.5 Å². The van der Waals surface area contributed by atoms with Crippen LogP contribution in [0.1, 0.15) is 54.9 Å². The number of benzene rings is 1. The van der Waals surface area contributed by atoms with Gasteiger partial charge in [-0.25, -0.2) is 0 Å². The second kappa shape index (κ2) is 8.33. The highest BCUT2D eigenvalue weighted by atomic mass is 16.2. The maximum Gasteiger partial charge on any atom is 0.254 e. The van der Waals surface area contributed by atoms with Crippen LogP contribution in [0.15, 0.2) is 24.3 Å². The highest BCUT2D eigenvalue weighted by Gasteiger charge is 2.31. The van der Waals surface area contributed by atoms with E-state index in [4.69, 9.17) is 5.26 Å². The Balaban J connectivity index is 2.18. The van der Waals surface area contributed by atoms with Crippen LogP contribution >= 0.6 is 0 Å². The SMILES string of the molecule is CCCNC(=O)C1CCCCCN1C(=O)c1ccc(C#N)cc1. The van der Waals surface area contributed by atoms with Crippen molar-refractivity contribution in [1.82, 2.24) is 10.2 Å². The number of hydrogen-bond acceptors (Lipinski definition) is 3. The van der Waals surface area contributed by atoms with Gasteiger partial charge in [0.2, 0.25) is 5.91 Å². The average molecular weight is 313 g/mol. The van der Waals surface area contributed by atoms with E-state index in [9.17, 15) is 9.59 Å². The fourth-order valence-corrected chi connectivity index (χ4v) is 2.84. The van der Waals surface area contributed by atoms with Gasteiger partial charge in [0, 0.05) is 18.7 Å². The van der Waals surface area contributed by atoms with Crippen LogP contribution in [-0.4, -0.2) is 35.8 Å². The first-order valence-electron chi connectivity index (χ1n) is 8.26. The fraction of sp³-hybridized carbons (Fsp3) is 0.500. The molecule has 1 aliphatic heterocycles. The first kappa shape index (κ1) is 17.0. The normalized spacial score (nSPS) is 17.9. The molecule has 1 atom stereocenters. The number of carbonyl (C=O) groups is 2. The smallest absolute Gasteiger partial charge is 0.254 e. The van der Waals surface area contributed by atoms with E-state index in [1.54, 1.807) is 29.2 Å². The highest BCUT2D eigenvalue weighted by molar-refractivity contribution is 5.97. The van der Waals surface area contributed by atoms with Crippen molar-refractivity contribution in [3.8, 4) is 6.07 Å². The number of amides is 2. The zero-order valence-electron chi connectivity index (χ0n) is 13.5. The topological polar surface area (TPSA) is 73.2 Å². The molecule has 1 aliphatic rings. The highest BCUT2D eigenvalue weighted by Crippen LogP contribution is 2.20. The van der Waals surface area contributed by atoms with Gasteiger partial charge in [0.05, 0.1) is 11.6 Å². The molecule has 1 aromatic carbocycles. The van der Waals surface area contributed by atoms with Crippen LogP contribution in [0.3, 0.4) is 0 Å². The second-order valence-corrected chi connectivity index (χ2v) is 5.84. The zero-order chi connectivity index (χ0) is 16.7. The average Bonchev–Trinajstić information content (AvgIpc) is 2.85. The number of nitrogens with zero attached hydrogens (tertiary/aromatic N) is 2. The molecule has 0 bridgehead atoms. The third kappa shape index (κ3) is 4.32. The van der Waals surface area contributed by atoms with E-state index in [-0.39, 0.29) is 11.8 Å². The van der Waals surface area contributed by atoms with Crippen LogP contribution in [0, 0.1) is 11.3 Å². The summed E-state index contributed by atoms with van der Waals surface area (Å²) in [5, 5.41) is 11.8. The summed E-state index contributed by atoms with van der Waals surface area (Å²) >= 11 is 0. The van der Waals surface area contributed by atoms with Crippen molar-refractivity contribution in [2.45, 2.75) is 45.1 Å². The minimum absolute atomic E-state index is 0.0595. The lowest BCUT2D eigenvalue weighted by molar-refractivity contribution is -0.125. The van der Waals surface area contributed by atoms with Crippen LogP contribution in [0.25, 0.3) is 0 Å². The van der Waals surface area contributed by atoms with E-state index in [1.807, 2.05) is 13.0 Å². The predicted molar refractivity (Wildman–Crippen MR) is 87.8 cm³/mol. The van der Waals surface area contributed by atoms with Crippen molar-refractivity contribution < 1.29 is 9.59 Å². The first-order valence-corrected chi connectivity index (χ1v) is 8.26. The number of nitriles is 1. The monoisotopic (exact) mass is 313 g/mol. The molecular formula is C18H23N3O2. The molecule has 2 rings (SSSR count). The van der Waals surface area contributed by atoms with Crippen molar-refractivity contribution >= 4 is 11.8 Å². The summed E-state index contributed by atoms with van der Waals surface area (Å²) < 4.78 is 0. The van der Waals surface area contributed by atoms with Gasteiger partial charge in [0.25, 0.3) is 5.91 Å². The molecule has 1 heterocycles. The molecule has 5 nitrogen and oxygen atoms in total. The lowest BCUT2D eigenvalue weighted by Gasteiger charge is -2.29. The van der Waals surface area contributed by atoms with Gasteiger partial charge < -0.3 is 10.2 Å². The number of likely N-dealkylation sites (tertiary alicyclic amines) is 1. The van der Waals surface area contributed by atoms with E-state index < -0.39 is 6.04 Å². The molecule has 122 valence electrons. The number of rotatable bonds is 4. The molecule has 1 fully saturated rings. The molecular weight excluding hydrogens is 290 g/mol. The van der Waals surface area contributed by atoms with Crippen molar-refractivity contribution in [2.75, 3.05) is 13.1 Å². The summed E-state index contributed by atoms with van der Waals surface area (Å²) in [4.78, 5) is 26.9. The van der Waals surface area contributed by atoms with Gasteiger partial charge >= 0.3 is 0 Å². The van der Waals surface area contributed by atoms with Gasteiger partial charge in [-0.1, -0.05) is 19.8 Å². The maximum absolute atomic E-state index is 12.8. The molecule has 1 saturated heterocycles. The number of hydrogen-bond donors (Lipinski definition) is 1. The molecule has 23 heavy (non-hydrogen) atoms. The Morgan fingerprint density at radius 3 is 2.65 bits per heavy atom. The summed E-state index contributed by atoms with van der Waals surface area (Å²) in [6.07, 6.45) is 4.50. The van der Waals surface area contributed by atoms with E-state index >= 15 is 0 Å². The Hall–Kier alpha value is -2.35. The van der Waals surface area contributed by atoms with Gasteiger partial charge in [0.15, 0.2) is 0 Å². The van der Waals surface area contributed by atoms with Crippen LogP contribution < -0.4 is 5.32 Å². The third-order valence-electron chi connectivity index (χ3n) is 4.13. The zero-order valence-corrected chi connectivity index (χ0v) is 13.5. The van der Waals surface area contributed by atoms with Gasteiger partial charge in [-0.2, -0.15) is 5.26 Å². The van der Waals surface area contributed by atoms with Crippen molar-refractivity contribution in [2.24, 2.45) is 0 Å². The minimum Gasteiger partial charge on any atom is -0.354 e. The molecule has 2 amide bonds. The number of carbonyl (C=O) groups excluding carboxylic acids is 2. The Kier molecular flexibility index (Phi) is 6.16. The molecule has 0 radical (unpaired) electrons. The Morgan fingerprint density at radius 2 is 2.00 bits per heavy atom. The van der Waals surface area contributed by atoms with Crippen LogP contribution in [0.5, 0.6) is 0 Å². The molecule has 0 spiro atoms. The van der Waals surface area contributed by atoms with Crippen LogP contribution in [0.4, 0.5) is 0 Å². The molecule has 0 aromatic heterocycles. The summed E-state index contributed by atoms with van der Waals surface area (Å²) in [7, 11) is 0. The summed E-state index contributed by atoms with van der Waals surface area (Å²) in [5.41, 5.74) is 1.05. The fourth-order valence-electron chi connectivity index (χ4n) is 2.84. The largest absolute Gasteiger partial charge is 0.354 e. The van der Waals surface area contributed by atoms with Crippen molar-refractivity contribution in [3.63, 3.8) is 0 Å². The van der Waals surface area contributed by atoms with Crippen molar-refractivity contribution in [3.05, 3.63) is 35.4 Å². The van der Waals surface area contributed by atoms with E-state index in [0.717, 1.165) is 25.7 Å². The van der Waals surface area contributed by atoms with Gasteiger partial charge in [-0.15, -0.1) is 0 Å².